The molecule has 8 heteroatoms. The molecule has 2 heterocycles. The van der Waals surface area contributed by atoms with E-state index in [-0.39, 0.29) is 12.2 Å². The maximum absolute atomic E-state index is 11.8. The van der Waals surface area contributed by atoms with Crippen molar-refractivity contribution in [3.8, 4) is 5.75 Å². The molecule has 0 bridgehead atoms. The Morgan fingerprint density at radius 3 is 2.64 bits per heavy atom. The molecule has 1 fully saturated rings. The van der Waals surface area contributed by atoms with E-state index in [1.807, 2.05) is 51.1 Å². The Morgan fingerprint density at radius 2 is 1.93 bits per heavy atom. The molecule has 0 saturated carbocycles. The third-order valence-electron chi connectivity index (χ3n) is 4.24. The molecule has 8 nitrogen and oxygen atoms in total. The van der Waals surface area contributed by atoms with E-state index in [2.05, 4.69) is 20.2 Å². The van der Waals surface area contributed by atoms with E-state index in [4.69, 9.17) is 9.47 Å². The second-order valence-corrected chi connectivity index (χ2v) is 6.70. The van der Waals surface area contributed by atoms with Crippen molar-refractivity contribution in [1.29, 1.82) is 0 Å². The largest absolute Gasteiger partial charge is 0.489 e. The Hall–Kier alpha value is -3.03. The number of piperazine rings is 1. The molecule has 1 aliphatic rings. The van der Waals surface area contributed by atoms with Crippen LogP contribution in [-0.4, -0.2) is 59.9 Å². The van der Waals surface area contributed by atoms with Gasteiger partial charge in [-0.2, -0.15) is 4.98 Å². The number of hydrogen-bond donors (Lipinski definition) is 1. The summed E-state index contributed by atoms with van der Waals surface area (Å²) < 4.78 is 10.9. The molecule has 0 unspecified atom stereocenters. The number of carbonyl (C=O) groups is 1. The molecule has 1 saturated heterocycles. The summed E-state index contributed by atoms with van der Waals surface area (Å²) in [5, 5.41) is 3.31. The lowest BCUT2D eigenvalue weighted by molar-refractivity contribution is 0.105. The maximum Gasteiger partial charge on any atom is 0.409 e. The fourth-order valence-corrected chi connectivity index (χ4v) is 2.94. The number of carbonyl (C=O) groups excluding carboxylic acids is 1. The van der Waals surface area contributed by atoms with Crippen molar-refractivity contribution in [2.75, 3.05) is 43.0 Å². The average Bonchev–Trinajstić information content (AvgIpc) is 2.70. The zero-order valence-corrected chi connectivity index (χ0v) is 16.6. The molecule has 0 aliphatic carbocycles. The molecule has 1 N–H and O–H groups in total. The van der Waals surface area contributed by atoms with Crippen LogP contribution in [0.2, 0.25) is 0 Å². The SMILES string of the molecule is CCOC(=O)N1CCN(c2nccc(Nc3ccccc3OC(C)C)n2)CC1. The van der Waals surface area contributed by atoms with Gasteiger partial charge in [0.15, 0.2) is 0 Å². The first kappa shape index (κ1) is 19.7. The molecule has 150 valence electrons. The molecule has 1 aliphatic heterocycles. The van der Waals surface area contributed by atoms with E-state index in [0.29, 0.717) is 44.6 Å². The lowest BCUT2D eigenvalue weighted by Gasteiger charge is -2.34. The van der Waals surface area contributed by atoms with E-state index in [1.165, 1.54) is 0 Å². The maximum atomic E-state index is 11.8. The molecule has 1 aromatic heterocycles. The van der Waals surface area contributed by atoms with Crippen molar-refractivity contribution in [3.05, 3.63) is 36.5 Å². The van der Waals surface area contributed by atoms with Crippen molar-refractivity contribution >= 4 is 23.5 Å². The first-order valence-electron chi connectivity index (χ1n) is 9.59. The Bertz CT molecular complexity index is 791. The normalized spacial score (nSPS) is 14.1. The fraction of sp³-hybridized carbons (Fsp3) is 0.450. The number of ether oxygens (including phenoxy) is 2. The molecular weight excluding hydrogens is 358 g/mol. The number of hydrogen-bond acceptors (Lipinski definition) is 7. The average molecular weight is 385 g/mol. The minimum absolute atomic E-state index is 0.0830. The monoisotopic (exact) mass is 385 g/mol. The molecular formula is C20H27N5O3. The zero-order valence-electron chi connectivity index (χ0n) is 16.6. The van der Waals surface area contributed by atoms with E-state index in [1.54, 1.807) is 11.1 Å². The Kier molecular flexibility index (Phi) is 6.52. The van der Waals surface area contributed by atoms with Crippen LogP contribution in [0, 0.1) is 0 Å². The number of benzene rings is 1. The molecule has 3 rings (SSSR count). The summed E-state index contributed by atoms with van der Waals surface area (Å²) in [5.41, 5.74) is 0.855. The first-order chi connectivity index (χ1) is 13.6. The zero-order chi connectivity index (χ0) is 19.9. The number of nitrogens with one attached hydrogen (secondary N) is 1. The standard InChI is InChI=1S/C20H27N5O3/c1-4-27-20(26)25-13-11-24(12-14-25)19-21-10-9-18(23-19)22-16-7-5-6-8-17(16)28-15(2)3/h5-10,15H,4,11-14H2,1-3H3,(H,21,22,23). The quantitative estimate of drug-likeness (QED) is 0.817. The van der Waals surface area contributed by atoms with Gasteiger partial charge in [-0.3, -0.25) is 0 Å². The van der Waals surface area contributed by atoms with Gasteiger partial charge < -0.3 is 24.6 Å². The highest BCUT2D eigenvalue weighted by molar-refractivity contribution is 5.68. The number of aromatic nitrogens is 2. The van der Waals surface area contributed by atoms with Crippen molar-refractivity contribution < 1.29 is 14.3 Å². The van der Waals surface area contributed by atoms with Gasteiger partial charge in [-0.25, -0.2) is 9.78 Å². The predicted molar refractivity (Wildman–Crippen MR) is 108 cm³/mol. The highest BCUT2D eigenvalue weighted by Crippen LogP contribution is 2.28. The van der Waals surface area contributed by atoms with Gasteiger partial charge in [0.2, 0.25) is 5.95 Å². The van der Waals surface area contributed by atoms with E-state index < -0.39 is 0 Å². The van der Waals surface area contributed by atoms with Crippen LogP contribution in [0.15, 0.2) is 36.5 Å². The first-order valence-corrected chi connectivity index (χ1v) is 9.59. The van der Waals surface area contributed by atoms with Crippen molar-refractivity contribution in [1.82, 2.24) is 14.9 Å². The number of rotatable bonds is 6. The van der Waals surface area contributed by atoms with Gasteiger partial charge in [-0.05, 0) is 39.0 Å². The number of nitrogens with zero attached hydrogens (tertiary/aromatic N) is 4. The van der Waals surface area contributed by atoms with Crippen LogP contribution >= 0.6 is 0 Å². The number of para-hydroxylation sites is 2. The highest BCUT2D eigenvalue weighted by Gasteiger charge is 2.23. The third kappa shape index (κ3) is 5.03. The minimum atomic E-state index is -0.264. The summed E-state index contributed by atoms with van der Waals surface area (Å²) in [5.74, 6) is 2.11. The van der Waals surface area contributed by atoms with Gasteiger partial charge in [-0.1, -0.05) is 12.1 Å². The number of amides is 1. The van der Waals surface area contributed by atoms with Crippen molar-refractivity contribution in [3.63, 3.8) is 0 Å². The summed E-state index contributed by atoms with van der Waals surface area (Å²) in [6, 6.07) is 9.60. The Labute approximate surface area is 165 Å². The van der Waals surface area contributed by atoms with E-state index in [0.717, 1.165) is 11.4 Å². The van der Waals surface area contributed by atoms with Gasteiger partial charge in [0.1, 0.15) is 11.6 Å². The second kappa shape index (κ2) is 9.25. The Balaban J connectivity index is 1.66. The van der Waals surface area contributed by atoms with Gasteiger partial charge in [0.25, 0.3) is 0 Å². The van der Waals surface area contributed by atoms with Crippen LogP contribution in [0.5, 0.6) is 5.75 Å². The summed E-state index contributed by atoms with van der Waals surface area (Å²) in [7, 11) is 0. The minimum Gasteiger partial charge on any atom is -0.489 e. The van der Waals surface area contributed by atoms with Crippen LogP contribution < -0.4 is 15.0 Å². The highest BCUT2D eigenvalue weighted by atomic mass is 16.6. The lowest BCUT2D eigenvalue weighted by atomic mass is 10.3. The second-order valence-electron chi connectivity index (χ2n) is 6.70. The van der Waals surface area contributed by atoms with Crippen LogP contribution in [0.4, 0.5) is 22.2 Å². The molecule has 0 atom stereocenters. The summed E-state index contributed by atoms with van der Waals surface area (Å²) in [6.45, 7) is 8.69. The molecule has 1 amide bonds. The van der Waals surface area contributed by atoms with Gasteiger partial charge in [0, 0.05) is 32.4 Å². The van der Waals surface area contributed by atoms with Gasteiger partial charge >= 0.3 is 6.09 Å². The smallest absolute Gasteiger partial charge is 0.409 e. The Morgan fingerprint density at radius 1 is 1.18 bits per heavy atom. The molecule has 1 aromatic carbocycles. The van der Waals surface area contributed by atoms with E-state index >= 15 is 0 Å². The van der Waals surface area contributed by atoms with Crippen molar-refractivity contribution in [2.45, 2.75) is 26.9 Å². The van der Waals surface area contributed by atoms with Crippen LogP contribution in [0.1, 0.15) is 20.8 Å². The number of anilines is 3. The third-order valence-corrected chi connectivity index (χ3v) is 4.24. The van der Waals surface area contributed by atoms with Gasteiger partial charge in [-0.15, -0.1) is 0 Å². The predicted octanol–water partition coefficient (Wildman–Crippen LogP) is 3.29. The lowest BCUT2D eigenvalue weighted by Crippen LogP contribution is -2.49. The summed E-state index contributed by atoms with van der Waals surface area (Å²) in [4.78, 5) is 24.6. The fourth-order valence-electron chi connectivity index (χ4n) is 2.94. The molecule has 28 heavy (non-hydrogen) atoms. The van der Waals surface area contributed by atoms with Crippen molar-refractivity contribution in [2.24, 2.45) is 0 Å². The topological polar surface area (TPSA) is 79.8 Å². The molecule has 2 aromatic rings. The molecule has 0 radical (unpaired) electrons. The van der Waals surface area contributed by atoms with Crippen LogP contribution in [0.3, 0.4) is 0 Å². The van der Waals surface area contributed by atoms with Crippen LogP contribution in [-0.2, 0) is 4.74 Å². The summed E-state index contributed by atoms with van der Waals surface area (Å²) in [6.07, 6.45) is 1.55. The van der Waals surface area contributed by atoms with Gasteiger partial charge in [0.05, 0.1) is 18.4 Å². The van der Waals surface area contributed by atoms with E-state index in [9.17, 15) is 4.79 Å². The summed E-state index contributed by atoms with van der Waals surface area (Å²) >= 11 is 0. The molecule has 0 spiro atoms. The van der Waals surface area contributed by atoms with Crippen LogP contribution in [0.25, 0.3) is 0 Å².